The molecule has 0 aliphatic heterocycles. The molecular formula is C39H70. The second-order valence-electron chi connectivity index (χ2n) is 19.9. The van der Waals surface area contributed by atoms with Gasteiger partial charge in [-0.1, -0.05) is 76.2 Å². The van der Waals surface area contributed by atoms with E-state index in [9.17, 15) is 0 Å². The second kappa shape index (κ2) is 10.0. The Hall–Kier alpha value is 0. The Balaban J connectivity index is 1.22. The van der Waals surface area contributed by atoms with Crippen molar-refractivity contribution in [2.75, 3.05) is 0 Å². The maximum Gasteiger partial charge on any atom is -0.0264 e. The van der Waals surface area contributed by atoms with Crippen LogP contribution in [0.2, 0.25) is 0 Å². The highest BCUT2D eigenvalue weighted by molar-refractivity contribution is 5.11. The minimum Gasteiger partial charge on any atom is -0.0622 e. The van der Waals surface area contributed by atoms with E-state index in [-0.39, 0.29) is 0 Å². The smallest absolute Gasteiger partial charge is 0.0264 e. The van der Waals surface area contributed by atoms with Gasteiger partial charge in [0.15, 0.2) is 0 Å². The molecule has 5 aliphatic carbocycles. The standard InChI is InChI=1S/C39H70/c1-27(16-20-36(8)21-17-28(18-22-36)34(2,3)4)31-14-15-32-30-13-12-29-26-37(9,35(5,6)7)24-25-38(29,10)33(30)19-23-39(31,32)11/h27-33H,12-26H2,1-11H3/t27-,28?,29+,30+,31-,32+,33+,36?,37-,38+,39-/m1/s1. The lowest BCUT2D eigenvalue weighted by atomic mass is 9.41. The molecule has 0 unspecified atom stereocenters. The normalized spacial score (nSPS) is 49.6. The van der Waals surface area contributed by atoms with Crippen LogP contribution < -0.4 is 0 Å². The first-order chi connectivity index (χ1) is 17.9. The summed E-state index contributed by atoms with van der Waals surface area (Å²) < 4.78 is 0. The molecule has 5 fully saturated rings. The molecule has 0 spiro atoms. The van der Waals surface area contributed by atoms with Crippen molar-refractivity contribution in [3.05, 3.63) is 0 Å². The minimum atomic E-state index is 0.439. The molecule has 5 rings (SSSR count). The molecule has 0 bridgehead atoms. The van der Waals surface area contributed by atoms with Crippen LogP contribution in [0.5, 0.6) is 0 Å². The molecule has 0 radical (unpaired) electrons. The van der Waals surface area contributed by atoms with E-state index < -0.39 is 0 Å². The van der Waals surface area contributed by atoms with Gasteiger partial charge in [0.25, 0.3) is 0 Å². The molecule has 9 atom stereocenters. The van der Waals surface area contributed by atoms with E-state index in [1.54, 1.807) is 19.3 Å². The second-order valence-corrected chi connectivity index (χ2v) is 19.9. The van der Waals surface area contributed by atoms with Gasteiger partial charge in [-0.2, -0.15) is 0 Å². The maximum atomic E-state index is 2.80. The molecule has 0 aromatic carbocycles. The van der Waals surface area contributed by atoms with Crippen LogP contribution in [-0.2, 0) is 0 Å². The number of fused-ring (bicyclic) bond motifs is 5. The third-order valence-corrected chi connectivity index (χ3v) is 16.2. The molecule has 39 heavy (non-hydrogen) atoms. The van der Waals surface area contributed by atoms with E-state index in [4.69, 9.17) is 0 Å². The Morgan fingerprint density at radius 3 is 1.92 bits per heavy atom. The highest BCUT2D eigenvalue weighted by Crippen LogP contribution is 2.70. The molecule has 5 saturated carbocycles. The summed E-state index contributed by atoms with van der Waals surface area (Å²) >= 11 is 0. The Bertz CT molecular complexity index is 859. The summed E-state index contributed by atoms with van der Waals surface area (Å²) in [5, 5.41) is 0. The molecule has 0 amide bonds. The maximum absolute atomic E-state index is 2.80. The molecule has 0 nitrogen and oxygen atoms in total. The third-order valence-electron chi connectivity index (χ3n) is 16.2. The Labute approximate surface area is 246 Å². The van der Waals surface area contributed by atoms with Gasteiger partial charge in [-0.3, -0.25) is 0 Å². The molecule has 226 valence electrons. The van der Waals surface area contributed by atoms with Crippen molar-refractivity contribution in [2.45, 2.75) is 172 Å². The van der Waals surface area contributed by atoms with E-state index in [0.29, 0.717) is 32.5 Å². The molecule has 5 aliphatic rings. The van der Waals surface area contributed by atoms with E-state index in [1.807, 2.05) is 0 Å². The first-order valence-electron chi connectivity index (χ1n) is 17.9. The van der Waals surface area contributed by atoms with Gasteiger partial charge < -0.3 is 0 Å². The summed E-state index contributed by atoms with van der Waals surface area (Å²) in [7, 11) is 0. The van der Waals surface area contributed by atoms with Crippen LogP contribution in [0.4, 0.5) is 0 Å². The summed E-state index contributed by atoms with van der Waals surface area (Å²) in [6, 6.07) is 0. The lowest BCUT2D eigenvalue weighted by Gasteiger charge is -2.64. The number of hydrogen-bond acceptors (Lipinski definition) is 0. The monoisotopic (exact) mass is 539 g/mol. The summed E-state index contributed by atoms with van der Waals surface area (Å²) in [5.41, 5.74) is 3.34. The fourth-order valence-electron chi connectivity index (χ4n) is 12.3. The molecule has 0 aromatic rings. The van der Waals surface area contributed by atoms with Gasteiger partial charge >= 0.3 is 0 Å². The zero-order valence-electron chi connectivity index (χ0n) is 28.6. The zero-order chi connectivity index (χ0) is 28.6. The van der Waals surface area contributed by atoms with E-state index in [2.05, 4.69) is 76.2 Å². The van der Waals surface area contributed by atoms with Crippen molar-refractivity contribution in [1.82, 2.24) is 0 Å². The molecule has 0 heterocycles. The van der Waals surface area contributed by atoms with Crippen LogP contribution in [0.3, 0.4) is 0 Å². The van der Waals surface area contributed by atoms with Crippen molar-refractivity contribution in [2.24, 2.45) is 73.9 Å². The van der Waals surface area contributed by atoms with Gasteiger partial charge in [-0.05, 0) is 170 Å². The minimum absolute atomic E-state index is 0.439. The fourth-order valence-corrected chi connectivity index (χ4v) is 12.3. The molecule has 0 N–H and O–H groups in total. The lowest BCUT2D eigenvalue weighted by Crippen LogP contribution is -2.55. The van der Waals surface area contributed by atoms with Crippen LogP contribution in [0.25, 0.3) is 0 Å². The number of rotatable bonds is 4. The topological polar surface area (TPSA) is 0 Å². The van der Waals surface area contributed by atoms with Crippen molar-refractivity contribution < 1.29 is 0 Å². The Morgan fingerprint density at radius 2 is 1.31 bits per heavy atom. The SMILES string of the molecule is C[C@H](CCC1(C)CCC(C(C)(C)C)CC1)[C@H]1CC[C@H]2[C@@H]3CC[C@H]4C[C@](C)(C(C)(C)C)CC[C@]4(C)[C@H]3CC[C@]12C. The van der Waals surface area contributed by atoms with Crippen molar-refractivity contribution in [3.8, 4) is 0 Å². The van der Waals surface area contributed by atoms with Gasteiger partial charge in [0.05, 0.1) is 0 Å². The lowest BCUT2D eigenvalue weighted by molar-refractivity contribution is -0.145. The fraction of sp³-hybridized carbons (Fsp3) is 1.00. The quantitative estimate of drug-likeness (QED) is 0.334. The number of hydrogen-bond donors (Lipinski definition) is 0. The van der Waals surface area contributed by atoms with Crippen LogP contribution in [0.15, 0.2) is 0 Å². The van der Waals surface area contributed by atoms with E-state index in [1.165, 1.54) is 77.0 Å². The molecular weight excluding hydrogens is 468 g/mol. The summed E-state index contributed by atoms with van der Waals surface area (Å²) in [6.45, 7) is 28.5. The van der Waals surface area contributed by atoms with Crippen molar-refractivity contribution in [1.29, 1.82) is 0 Å². The third kappa shape index (κ3) is 5.23. The Kier molecular flexibility index (Phi) is 7.84. The summed E-state index contributed by atoms with van der Waals surface area (Å²) in [6.07, 6.45) is 22.6. The highest BCUT2D eigenvalue weighted by atomic mass is 14.7. The predicted molar refractivity (Wildman–Crippen MR) is 171 cm³/mol. The van der Waals surface area contributed by atoms with Crippen molar-refractivity contribution >= 4 is 0 Å². The van der Waals surface area contributed by atoms with E-state index in [0.717, 1.165) is 41.4 Å². The average Bonchev–Trinajstić information content (AvgIpc) is 3.19. The Morgan fingerprint density at radius 1 is 0.667 bits per heavy atom. The average molecular weight is 539 g/mol. The van der Waals surface area contributed by atoms with Gasteiger partial charge in [-0.15, -0.1) is 0 Å². The molecule has 0 saturated heterocycles. The van der Waals surface area contributed by atoms with E-state index >= 15 is 0 Å². The van der Waals surface area contributed by atoms with Crippen molar-refractivity contribution in [3.63, 3.8) is 0 Å². The largest absolute Gasteiger partial charge is 0.0622 e. The van der Waals surface area contributed by atoms with Gasteiger partial charge in [0.1, 0.15) is 0 Å². The van der Waals surface area contributed by atoms with Crippen LogP contribution >= 0.6 is 0 Å². The van der Waals surface area contributed by atoms with Crippen LogP contribution in [-0.4, -0.2) is 0 Å². The zero-order valence-corrected chi connectivity index (χ0v) is 28.6. The summed E-state index contributed by atoms with van der Waals surface area (Å²) in [4.78, 5) is 0. The highest BCUT2D eigenvalue weighted by Gasteiger charge is 2.62. The first-order valence-corrected chi connectivity index (χ1v) is 17.9. The summed E-state index contributed by atoms with van der Waals surface area (Å²) in [5.74, 6) is 6.90. The van der Waals surface area contributed by atoms with Gasteiger partial charge in [-0.25, -0.2) is 0 Å². The van der Waals surface area contributed by atoms with Crippen LogP contribution in [0.1, 0.15) is 172 Å². The molecule has 0 aromatic heterocycles. The molecule has 0 heteroatoms. The van der Waals surface area contributed by atoms with Gasteiger partial charge in [0.2, 0.25) is 0 Å². The predicted octanol–water partition coefficient (Wildman–Crippen LogP) is 12.4. The van der Waals surface area contributed by atoms with Crippen LogP contribution in [0, 0.1) is 73.9 Å². The first kappa shape index (κ1) is 30.5. The van der Waals surface area contributed by atoms with Gasteiger partial charge in [0, 0.05) is 0 Å².